The second-order valence-corrected chi connectivity index (χ2v) is 4.17. The van der Waals surface area contributed by atoms with Crippen molar-refractivity contribution in [2.24, 2.45) is 0 Å². The topological polar surface area (TPSA) is 3.24 Å². The number of hydrogen-bond acceptors (Lipinski definition) is 1. The van der Waals surface area contributed by atoms with E-state index in [0.717, 1.165) is 24.2 Å². The number of thiocarbonyl (C=S) groups is 1. The summed E-state index contributed by atoms with van der Waals surface area (Å²) >= 11 is 9.08. The highest BCUT2D eigenvalue weighted by atomic mass is 32.1. The van der Waals surface area contributed by atoms with Gasteiger partial charge in [-0.15, -0.1) is 12.6 Å². The minimum Gasteiger partial charge on any atom is -0.350 e. The Hall–Kier alpha value is -0.280. The van der Waals surface area contributed by atoms with Crippen molar-refractivity contribution in [2.75, 3.05) is 13.1 Å². The maximum Gasteiger partial charge on any atom is 0.133 e. The van der Waals surface area contributed by atoms with Crippen molar-refractivity contribution in [3.63, 3.8) is 0 Å². The summed E-state index contributed by atoms with van der Waals surface area (Å²) in [7, 11) is 0. The van der Waals surface area contributed by atoms with Gasteiger partial charge in [-0.05, 0) is 13.8 Å². The Morgan fingerprint density at radius 2 is 1.58 bits per heavy atom. The van der Waals surface area contributed by atoms with Crippen molar-refractivity contribution >= 4 is 29.2 Å². The molecule has 0 aromatic heterocycles. The maximum absolute atomic E-state index is 4.96. The van der Waals surface area contributed by atoms with E-state index in [0.29, 0.717) is 4.32 Å². The van der Waals surface area contributed by atoms with Gasteiger partial charge in [-0.1, -0.05) is 36.5 Å². The highest BCUT2D eigenvalue weighted by molar-refractivity contribution is 8.10. The number of thiol groups is 1. The van der Waals surface area contributed by atoms with Crippen LogP contribution < -0.4 is 0 Å². The molecule has 0 radical (unpaired) electrons. The van der Waals surface area contributed by atoms with Gasteiger partial charge in [-0.3, -0.25) is 0 Å². The Balaban J connectivity index is 4.14. The fourth-order valence-corrected chi connectivity index (χ4v) is 1.11. The molecule has 1 nitrogen and oxygen atoms in total. The predicted molar refractivity (Wildman–Crippen MR) is 62.8 cm³/mol. The van der Waals surface area contributed by atoms with Crippen LogP contribution in [0.4, 0.5) is 0 Å². The SMILES string of the molecule is C=C(C)CN(CC(=C)C)C(=S)S. The molecule has 0 rings (SSSR count). The molecular formula is C9H15NS2. The standard InChI is InChI=1S/C9H15NS2/c1-7(2)5-10(9(11)12)6-8(3)4/h1,3,5-6H2,2,4H3,(H,11,12). The van der Waals surface area contributed by atoms with Crippen LogP contribution in [0.15, 0.2) is 24.3 Å². The van der Waals surface area contributed by atoms with E-state index in [9.17, 15) is 0 Å². The molecule has 12 heavy (non-hydrogen) atoms. The monoisotopic (exact) mass is 201 g/mol. The number of rotatable bonds is 4. The molecule has 0 fully saturated rings. The molecule has 0 aromatic carbocycles. The van der Waals surface area contributed by atoms with Gasteiger partial charge in [0.15, 0.2) is 0 Å². The van der Waals surface area contributed by atoms with Crippen LogP contribution in [-0.4, -0.2) is 22.3 Å². The summed E-state index contributed by atoms with van der Waals surface area (Å²) in [5.41, 5.74) is 2.15. The second-order valence-electron chi connectivity index (χ2n) is 3.05. The minimum atomic E-state index is 0.598. The van der Waals surface area contributed by atoms with Crippen molar-refractivity contribution in [2.45, 2.75) is 13.8 Å². The molecule has 0 aliphatic heterocycles. The van der Waals surface area contributed by atoms with Gasteiger partial charge in [0.25, 0.3) is 0 Å². The Bertz CT molecular complexity index is 193. The average molecular weight is 201 g/mol. The average Bonchev–Trinajstić information content (AvgIpc) is 1.83. The van der Waals surface area contributed by atoms with Crippen LogP contribution in [0.25, 0.3) is 0 Å². The lowest BCUT2D eigenvalue weighted by molar-refractivity contribution is 0.507. The first kappa shape index (κ1) is 11.7. The van der Waals surface area contributed by atoms with Crippen LogP contribution in [0, 0.1) is 0 Å². The molecule has 0 heterocycles. The van der Waals surface area contributed by atoms with Gasteiger partial charge in [0.1, 0.15) is 4.32 Å². The van der Waals surface area contributed by atoms with Crippen LogP contribution in [-0.2, 0) is 0 Å². The summed E-state index contributed by atoms with van der Waals surface area (Å²) in [4.78, 5) is 1.96. The smallest absolute Gasteiger partial charge is 0.133 e. The Morgan fingerprint density at radius 3 is 1.75 bits per heavy atom. The fourth-order valence-electron chi connectivity index (χ4n) is 0.843. The van der Waals surface area contributed by atoms with Gasteiger partial charge in [0.05, 0.1) is 0 Å². The number of nitrogens with zero attached hydrogens (tertiary/aromatic N) is 1. The first-order valence-electron chi connectivity index (χ1n) is 3.70. The van der Waals surface area contributed by atoms with E-state index in [1.165, 1.54) is 0 Å². The van der Waals surface area contributed by atoms with Gasteiger partial charge in [-0.2, -0.15) is 0 Å². The van der Waals surface area contributed by atoms with Crippen LogP contribution in [0.1, 0.15) is 13.8 Å². The Labute approximate surface area is 85.6 Å². The lowest BCUT2D eigenvalue weighted by Gasteiger charge is -2.22. The van der Waals surface area contributed by atoms with E-state index < -0.39 is 0 Å². The normalized spacial score (nSPS) is 9.25. The molecular weight excluding hydrogens is 186 g/mol. The van der Waals surface area contributed by atoms with E-state index in [1.54, 1.807) is 0 Å². The van der Waals surface area contributed by atoms with Crippen LogP contribution in [0.3, 0.4) is 0 Å². The molecule has 0 aliphatic carbocycles. The number of hydrogen-bond donors (Lipinski definition) is 1. The second kappa shape index (κ2) is 5.38. The zero-order valence-electron chi connectivity index (χ0n) is 7.63. The molecule has 0 aliphatic rings. The summed E-state index contributed by atoms with van der Waals surface area (Å²) in [6, 6.07) is 0. The molecule has 0 spiro atoms. The van der Waals surface area contributed by atoms with Crippen molar-refractivity contribution in [3.8, 4) is 0 Å². The van der Waals surface area contributed by atoms with Crippen LogP contribution in [0.5, 0.6) is 0 Å². The van der Waals surface area contributed by atoms with Crippen molar-refractivity contribution in [3.05, 3.63) is 24.3 Å². The third-order valence-corrected chi connectivity index (χ3v) is 1.73. The van der Waals surface area contributed by atoms with Crippen molar-refractivity contribution in [1.29, 1.82) is 0 Å². The van der Waals surface area contributed by atoms with Crippen LogP contribution in [0.2, 0.25) is 0 Å². The molecule has 0 unspecified atom stereocenters. The third-order valence-electron chi connectivity index (χ3n) is 1.19. The van der Waals surface area contributed by atoms with E-state index in [1.807, 2.05) is 18.7 Å². The molecule has 0 aromatic rings. The Kier molecular flexibility index (Phi) is 5.25. The molecule has 3 heteroatoms. The van der Waals surface area contributed by atoms with Gasteiger partial charge >= 0.3 is 0 Å². The summed E-state index contributed by atoms with van der Waals surface area (Å²) in [5.74, 6) is 0. The largest absolute Gasteiger partial charge is 0.350 e. The minimum absolute atomic E-state index is 0.598. The molecule has 0 atom stereocenters. The molecule has 0 N–H and O–H groups in total. The highest BCUT2D eigenvalue weighted by Gasteiger charge is 2.05. The van der Waals surface area contributed by atoms with Crippen molar-refractivity contribution in [1.82, 2.24) is 4.90 Å². The predicted octanol–water partition coefficient (Wildman–Crippen LogP) is 2.66. The lowest BCUT2D eigenvalue weighted by Crippen LogP contribution is -2.29. The summed E-state index contributed by atoms with van der Waals surface area (Å²) in [5, 5.41) is 0. The molecule has 68 valence electrons. The van der Waals surface area contributed by atoms with Crippen molar-refractivity contribution < 1.29 is 0 Å². The molecule has 0 bridgehead atoms. The first-order valence-corrected chi connectivity index (χ1v) is 4.55. The van der Waals surface area contributed by atoms with Crippen LogP contribution >= 0.6 is 24.8 Å². The summed E-state index contributed by atoms with van der Waals surface area (Å²) < 4.78 is 0.598. The van der Waals surface area contributed by atoms with E-state index in [4.69, 9.17) is 12.2 Å². The maximum atomic E-state index is 4.96. The zero-order chi connectivity index (χ0) is 9.72. The van der Waals surface area contributed by atoms with Gasteiger partial charge in [0.2, 0.25) is 0 Å². The highest BCUT2D eigenvalue weighted by Crippen LogP contribution is 2.04. The summed E-state index contributed by atoms with van der Waals surface area (Å²) in [6.07, 6.45) is 0. The summed E-state index contributed by atoms with van der Waals surface area (Å²) in [6.45, 7) is 13.1. The molecule has 0 amide bonds. The third kappa shape index (κ3) is 5.38. The Morgan fingerprint density at radius 1 is 1.25 bits per heavy atom. The van der Waals surface area contributed by atoms with Gasteiger partial charge in [-0.25, -0.2) is 0 Å². The van der Waals surface area contributed by atoms with Gasteiger partial charge < -0.3 is 4.90 Å². The molecule has 0 saturated heterocycles. The van der Waals surface area contributed by atoms with Gasteiger partial charge in [0, 0.05) is 13.1 Å². The quantitative estimate of drug-likeness (QED) is 0.423. The zero-order valence-corrected chi connectivity index (χ0v) is 9.34. The molecule has 0 saturated carbocycles. The lowest BCUT2D eigenvalue weighted by atomic mass is 10.3. The van der Waals surface area contributed by atoms with E-state index >= 15 is 0 Å². The fraction of sp³-hybridized carbons (Fsp3) is 0.444. The van der Waals surface area contributed by atoms with E-state index in [-0.39, 0.29) is 0 Å². The van der Waals surface area contributed by atoms with E-state index in [2.05, 4.69) is 25.8 Å². The first-order chi connectivity index (χ1) is 5.43.